The van der Waals surface area contributed by atoms with Crippen LogP contribution in [0.25, 0.3) is 0 Å². The van der Waals surface area contributed by atoms with E-state index in [1.807, 2.05) is 0 Å². The van der Waals surface area contributed by atoms with Crippen LogP contribution in [-0.2, 0) is 0 Å². The van der Waals surface area contributed by atoms with E-state index in [4.69, 9.17) is 0 Å². The number of hydrogen-bond donors (Lipinski definition) is 1. The highest BCUT2D eigenvalue weighted by atomic mass is 14.9. The maximum absolute atomic E-state index is 3.42. The molecule has 0 radical (unpaired) electrons. The van der Waals surface area contributed by atoms with Gasteiger partial charge in [-0.1, -0.05) is 39.5 Å². The van der Waals surface area contributed by atoms with E-state index >= 15 is 0 Å². The van der Waals surface area contributed by atoms with Crippen molar-refractivity contribution in [1.29, 1.82) is 0 Å². The van der Waals surface area contributed by atoms with Crippen molar-refractivity contribution in [3.63, 3.8) is 0 Å². The topological polar surface area (TPSA) is 12.0 Å². The molecule has 0 aromatic heterocycles. The Kier molecular flexibility index (Phi) is 4.79. The van der Waals surface area contributed by atoms with E-state index in [0.717, 1.165) is 17.9 Å². The molecule has 0 saturated heterocycles. The van der Waals surface area contributed by atoms with E-state index in [9.17, 15) is 0 Å². The first-order valence-electron chi connectivity index (χ1n) is 5.89. The number of nitrogens with one attached hydrogen (secondary N) is 1. The van der Waals surface area contributed by atoms with E-state index < -0.39 is 0 Å². The minimum absolute atomic E-state index is 0.811. The molecular formula is C12H25N. The van der Waals surface area contributed by atoms with Crippen LogP contribution in [0.3, 0.4) is 0 Å². The van der Waals surface area contributed by atoms with Crippen LogP contribution >= 0.6 is 0 Å². The molecule has 2 atom stereocenters. The minimum atomic E-state index is 0.811. The summed E-state index contributed by atoms with van der Waals surface area (Å²) in [5.74, 6) is 1.89. The molecular weight excluding hydrogens is 158 g/mol. The van der Waals surface area contributed by atoms with Crippen LogP contribution in [-0.4, -0.2) is 13.1 Å². The fourth-order valence-electron chi connectivity index (χ4n) is 2.38. The number of hydrogen-bond acceptors (Lipinski definition) is 1. The Morgan fingerprint density at radius 1 is 1.31 bits per heavy atom. The van der Waals surface area contributed by atoms with Gasteiger partial charge in [-0.25, -0.2) is 0 Å². The summed E-state index contributed by atoms with van der Waals surface area (Å²) in [5, 5.41) is 3.42. The van der Waals surface area contributed by atoms with E-state index in [1.165, 1.54) is 38.5 Å². The van der Waals surface area contributed by atoms with Crippen molar-refractivity contribution in [2.75, 3.05) is 7.05 Å². The molecule has 1 fully saturated rings. The molecule has 0 heterocycles. The highest BCUT2D eigenvalue weighted by Gasteiger charge is 2.20. The first-order chi connectivity index (χ1) is 6.22. The van der Waals surface area contributed by atoms with Crippen molar-refractivity contribution in [2.45, 2.75) is 58.4 Å². The Balaban J connectivity index is 2.18. The zero-order valence-corrected chi connectivity index (χ0v) is 9.47. The fraction of sp³-hybridized carbons (Fsp3) is 1.00. The lowest BCUT2D eigenvalue weighted by atomic mass is 9.82. The van der Waals surface area contributed by atoms with Gasteiger partial charge in [0.05, 0.1) is 0 Å². The van der Waals surface area contributed by atoms with Crippen molar-refractivity contribution in [3.8, 4) is 0 Å². The van der Waals surface area contributed by atoms with Crippen molar-refractivity contribution in [2.24, 2.45) is 11.8 Å². The maximum atomic E-state index is 3.42. The molecule has 1 rings (SSSR count). The molecule has 0 bridgehead atoms. The largest absolute Gasteiger partial charge is 0.317 e. The molecule has 0 aromatic carbocycles. The summed E-state index contributed by atoms with van der Waals surface area (Å²) in [5.41, 5.74) is 0. The monoisotopic (exact) mass is 183 g/mol. The molecule has 13 heavy (non-hydrogen) atoms. The molecule has 1 heteroatoms. The lowest BCUT2D eigenvalue weighted by Crippen LogP contribution is -2.31. The van der Waals surface area contributed by atoms with Crippen molar-refractivity contribution < 1.29 is 0 Å². The summed E-state index contributed by atoms with van der Waals surface area (Å²) in [6.07, 6.45) is 8.61. The van der Waals surface area contributed by atoms with Crippen LogP contribution in [0.2, 0.25) is 0 Å². The maximum Gasteiger partial charge on any atom is 0.00667 e. The second-order valence-corrected chi connectivity index (χ2v) is 4.99. The Hall–Kier alpha value is -0.0400. The highest BCUT2D eigenvalue weighted by Crippen LogP contribution is 2.28. The predicted molar refractivity (Wildman–Crippen MR) is 58.9 cm³/mol. The fourth-order valence-corrected chi connectivity index (χ4v) is 2.38. The zero-order chi connectivity index (χ0) is 9.68. The van der Waals surface area contributed by atoms with Crippen LogP contribution in [0, 0.1) is 11.8 Å². The van der Waals surface area contributed by atoms with Crippen LogP contribution < -0.4 is 5.32 Å². The van der Waals surface area contributed by atoms with Gasteiger partial charge < -0.3 is 5.32 Å². The van der Waals surface area contributed by atoms with Gasteiger partial charge in [-0.2, -0.15) is 0 Å². The molecule has 1 saturated carbocycles. The number of rotatable bonds is 4. The van der Waals surface area contributed by atoms with Crippen molar-refractivity contribution in [3.05, 3.63) is 0 Å². The summed E-state index contributed by atoms with van der Waals surface area (Å²) in [7, 11) is 2.11. The lowest BCUT2D eigenvalue weighted by molar-refractivity contribution is 0.269. The molecule has 0 aromatic rings. The normalized spacial score (nSPS) is 29.5. The summed E-state index contributed by atoms with van der Waals surface area (Å²) in [6.45, 7) is 4.66. The lowest BCUT2D eigenvalue weighted by Gasteiger charge is -2.29. The van der Waals surface area contributed by atoms with Crippen LogP contribution in [0.5, 0.6) is 0 Å². The highest BCUT2D eigenvalue weighted by molar-refractivity contribution is 4.76. The van der Waals surface area contributed by atoms with Gasteiger partial charge in [-0.15, -0.1) is 0 Å². The summed E-state index contributed by atoms with van der Waals surface area (Å²) in [6, 6.07) is 0.811. The summed E-state index contributed by atoms with van der Waals surface area (Å²) < 4.78 is 0. The molecule has 1 nitrogen and oxygen atoms in total. The van der Waals surface area contributed by atoms with Crippen LogP contribution in [0.1, 0.15) is 52.4 Å². The van der Waals surface area contributed by atoms with Crippen molar-refractivity contribution >= 4 is 0 Å². The molecule has 1 N–H and O–H groups in total. The third-order valence-electron chi connectivity index (χ3n) is 3.34. The quantitative estimate of drug-likeness (QED) is 0.706. The predicted octanol–water partition coefficient (Wildman–Crippen LogP) is 3.20. The second kappa shape index (κ2) is 5.64. The van der Waals surface area contributed by atoms with Gasteiger partial charge in [0.2, 0.25) is 0 Å². The minimum Gasteiger partial charge on any atom is -0.317 e. The molecule has 1 aliphatic rings. The molecule has 78 valence electrons. The first-order valence-corrected chi connectivity index (χ1v) is 5.89. The molecule has 1 aliphatic carbocycles. The van der Waals surface area contributed by atoms with Crippen LogP contribution in [0.15, 0.2) is 0 Å². The molecule has 0 aliphatic heterocycles. The first kappa shape index (κ1) is 11.0. The second-order valence-electron chi connectivity index (χ2n) is 4.99. The molecule has 2 unspecified atom stereocenters. The Bertz CT molecular complexity index is 131. The zero-order valence-electron chi connectivity index (χ0n) is 9.47. The van der Waals surface area contributed by atoms with Gasteiger partial charge in [0.1, 0.15) is 0 Å². The van der Waals surface area contributed by atoms with E-state index in [1.54, 1.807) is 0 Å². The Morgan fingerprint density at radius 2 is 2.08 bits per heavy atom. The smallest absolute Gasteiger partial charge is 0.00667 e. The average molecular weight is 183 g/mol. The van der Waals surface area contributed by atoms with Gasteiger partial charge in [0.15, 0.2) is 0 Å². The third-order valence-corrected chi connectivity index (χ3v) is 3.34. The average Bonchev–Trinajstić information content (AvgIpc) is 2.15. The van der Waals surface area contributed by atoms with Crippen molar-refractivity contribution in [1.82, 2.24) is 5.32 Å². The van der Waals surface area contributed by atoms with Gasteiger partial charge in [0.25, 0.3) is 0 Å². The molecule has 0 spiro atoms. The standard InChI is InChI=1S/C12H25N/c1-10(2)7-8-11-5-4-6-12(9-11)13-3/h10-13H,4-9H2,1-3H3. The Morgan fingerprint density at radius 3 is 2.69 bits per heavy atom. The van der Waals surface area contributed by atoms with E-state index in [-0.39, 0.29) is 0 Å². The van der Waals surface area contributed by atoms with Gasteiger partial charge in [-0.3, -0.25) is 0 Å². The van der Waals surface area contributed by atoms with E-state index in [2.05, 4.69) is 26.2 Å². The summed E-state index contributed by atoms with van der Waals surface area (Å²) in [4.78, 5) is 0. The third kappa shape index (κ3) is 4.12. The van der Waals surface area contributed by atoms with Crippen LogP contribution in [0.4, 0.5) is 0 Å². The molecule has 0 amide bonds. The summed E-state index contributed by atoms with van der Waals surface area (Å²) >= 11 is 0. The van der Waals surface area contributed by atoms with E-state index in [0.29, 0.717) is 0 Å². The van der Waals surface area contributed by atoms with Gasteiger partial charge in [-0.05, 0) is 31.7 Å². The SMILES string of the molecule is CNC1CCCC(CCC(C)C)C1. The van der Waals surface area contributed by atoms with Gasteiger partial charge >= 0.3 is 0 Å². The Labute approximate surface area is 83.3 Å². The van der Waals surface area contributed by atoms with Gasteiger partial charge in [0, 0.05) is 6.04 Å².